The monoisotopic (exact) mass is 295 g/mol. The van der Waals surface area contributed by atoms with Gasteiger partial charge in [-0.2, -0.15) is 0 Å². The molecule has 0 atom stereocenters. The Morgan fingerprint density at radius 2 is 1.95 bits per heavy atom. The van der Waals surface area contributed by atoms with Gasteiger partial charge in [-0.05, 0) is 58.2 Å². The molecule has 0 bridgehead atoms. The van der Waals surface area contributed by atoms with Gasteiger partial charge in [0, 0.05) is 28.9 Å². The Morgan fingerprint density at radius 3 is 2.60 bits per heavy atom. The molecule has 3 nitrogen and oxygen atoms in total. The van der Waals surface area contributed by atoms with E-state index in [0.717, 1.165) is 25.7 Å². The van der Waals surface area contributed by atoms with Crippen molar-refractivity contribution < 1.29 is 0 Å². The minimum absolute atomic E-state index is 0.761. The molecule has 0 saturated carbocycles. The van der Waals surface area contributed by atoms with Crippen molar-refractivity contribution in [1.29, 1.82) is 0 Å². The summed E-state index contributed by atoms with van der Waals surface area (Å²) in [4.78, 5) is 8.06. The van der Waals surface area contributed by atoms with Gasteiger partial charge in [-0.25, -0.2) is 0 Å². The Kier molecular flexibility index (Phi) is 6.49. The first-order chi connectivity index (χ1) is 9.72. The van der Waals surface area contributed by atoms with E-state index in [9.17, 15) is 0 Å². The molecule has 1 fully saturated rings. The van der Waals surface area contributed by atoms with Crippen molar-refractivity contribution in [2.75, 3.05) is 33.2 Å². The largest absolute Gasteiger partial charge is 0.312 e. The Bertz CT molecular complexity index is 383. The average molecular weight is 295 g/mol. The second-order valence-corrected chi connectivity index (χ2v) is 6.98. The van der Waals surface area contributed by atoms with Crippen LogP contribution in [0.2, 0.25) is 0 Å². The zero-order valence-electron chi connectivity index (χ0n) is 13.2. The molecule has 0 amide bonds. The maximum absolute atomic E-state index is 3.40. The fraction of sp³-hybridized carbons (Fsp3) is 0.750. The van der Waals surface area contributed by atoms with Crippen LogP contribution in [0, 0.1) is 0 Å². The molecule has 2 rings (SSSR count). The minimum atomic E-state index is 0.761. The maximum atomic E-state index is 3.40. The Balaban J connectivity index is 1.79. The fourth-order valence-corrected chi connectivity index (χ4v) is 3.95. The van der Waals surface area contributed by atoms with Crippen LogP contribution in [-0.4, -0.2) is 49.1 Å². The van der Waals surface area contributed by atoms with Gasteiger partial charge in [0.05, 0.1) is 0 Å². The van der Waals surface area contributed by atoms with Crippen molar-refractivity contribution in [3.05, 3.63) is 21.9 Å². The van der Waals surface area contributed by atoms with Gasteiger partial charge in [0.1, 0.15) is 0 Å². The molecule has 0 aromatic carbocycles. The highest BCUT2D eigenvalue weighted by Crippen LogP contribution is 2.21. The average Bonchev–Trinajstić information content (AvgIpc) is 2.92. The molecule has 1 aliphatic heterocycles. The van der Waals surface area contributed by atoms with E-state index in [-0.39, 0.29) is 0 Å². The predicted molar refractivity (Wildman–Crippen MR) is 88.3 cm³/mol. The summed E-state index contributed by atoms with van der Waals surface area (Å²) in [6.45, 7) is 11.3. The molecule has 2 heterocycles. The van der Waals surface area contributed by atoms with Crippen LogP contribution in [0.4, 0.5) is 0 Å². The Hall–Kier alpha value is -0.420. The summed E-state index contributed by atoms with van der Waals surface area (Å²) in [7, 11) is 2.29. The summed E-state index contributed by atoms with van der Waals surface area (Å²) in [6, 6.07) is 5.34. The third-order valence-electron chi connectivity index (χ3n) is 4.30. The van der Waals surface area contributed by atoms with E-state index in [4.69, 9.17) is 0 Å². The number of nitrogens with one attached hydrogen (secondary N) is 1. The van der Waals surface area contributed by atoms with E-state index in [1.165, 1.54) is 42.2 Å². The second-order valence-electron chi connectivity index (χ2n) is 5.73. The number of piperidine rings is 1. The quantitative estimate of drug-likeness (QED) is 0.834. The van der Waals surface area contributed by atoms with Gasteiger partial charge in [-0.1, -0.05) is 13.8 Å². The number of thiophene rings is 1. The molecule has 1 aromatic rings. The van der Waals surface area contributed by atoms with Gasteiger partial charge in [0.25, 0.3) is 0 Å². The molecule has 0 aliphatic carbocycles. The second kappa shape index (κ2) is 8.13. The zero-order valence-corrected chi connectivity index (χ0v) is 14.0. The van der Waals surface area contributed by atoms with E-state index >= 15 is 0 Å². The Labute approximate surface area is 128 Å². The standard InChI is InChI=1S/C16H29N3S/c1-4-17-12-15-6-7-16(20-15)13-18(3)14-8-10-19(5-2)11-9-14/h6-7,14,17H,4-5,8-13H2,1-3H3. The molecule has 0 spiro atoms. The van der Waals surface area contributed by atoms with Gasteiger partial charge in [-0.15, -0.1) is 11.3 Å². The van der Waals surface area contributed by atoms with E-state index in [1.54, 1.807) is 0 Å². The summed E-state index contributed by atoms with van der Waals surface area (Å²) in [5.41, 5.74) is 0. The molecule has 1 aromatic heterocycles. The van der Waals surface area contributed by atoms with Crippen molar-refractivity contribution in [1.82, 2.24) is 15.1 Å². The van der Waals surface area contributed by atoms with Gasteiger partial charge in [0.2, 0.25) is 0 Å². The summed E-state index contributed by atoms with van der Waals surface area (Å²) in [5.74, 6) is 0. The molecule has 1 aliphatic rings. The third-order valence-corrected chi connectivity index (χ3v) is 5.37. The van der Waals surface area contributed by atoms with Crippen LogP contribution in [0.25, 0.3) is 0 Å². The zero-order chi connectivity index (χ0) is 14.4. The van der Waals surface area contributed by atoms with Crippen molar-refractivity contribution in [2.45, 2.75) is 45.8 Å². The van der Waals surface area contributed by atoms with Gasteiger partial charge in [-0.3, -0.25) is 4.90 Å². The topological polar surface area (TPSA) is 18.5 Å². The predicted octanol–water partition coefficient (Wildman–Crippen LogP) is 2.77. The van der Waals surface area contributed by atoms with E-state index in [1.807, 2.05) is 11.3 Å². The lowest BCUT2D eigenvalue weighted by molar-refractivity contribution is 0.128. The van der Waals surface area contributed by atoms with Crippen molar-refractivity contribution in [2.24, 2.45) is 0 Å². The van der Waals surface area contributed by atoms with Crippen LogP contribution in [0.1, 0.15) is 36.4 Å². The van der Waals surface area contributed by atoms with Crippen LogP contribution in [0.15, 0.2) is 12.1 Å². The van der Waals surface area contributed by atoms with Gasteiger partial charge >= 0.3 is 0 Å². The molecule has 114 valence electrons. The highest BCUT2D eigenvalue weighted by molar-refractivity contribution is 7.11. The van der Waals surface area contributed by atoms with Crippen molar-refractivity contribution >= 4 is 11.3 Å². The van der Waals surface area contributed by atoms with Crippen LogP contribution in [0.5, 0.6) is 0 Å². The smallest absolute Gasteiger partial charge is 0.0327 e. The molecule has 20 heavy (non-hydrogen) atoms. The summed E-state index contributed by atoms with van der Waals surface area (Å²) in [6.07, 6.45) is 2.64. The van der Waals surface area contributed by atoms with E-state index in [2.05, 4.69) is 48.1 Å². The van der Waals surface area contributed by atoms with Crippen LogP contribution in [-0.2, 0) is 13.1 Å². The summed E-state index contributed by atoms with van der Waals surface area (Å²) in [5, 5.41) is 3.40. The fourth-order valence-electron chi connectivity index (χ4n) is 2.90. The van der Waals surface area contributed by atoms with E-state index in [0.29, 0.717) is 0 Å². The van der Waals surface area contributed by atoms with Crippen molar-refractivity contribution in [3.63, 3.8) is 0 Å². The first kappa shape index (κ1) is 16.0. The molecular weight excluding hydrogens is 266 g/mol. The Morgan fingerprint density at radius 1 is 1.25 bits per heavy atom. The van der Waals surface area contributed by atoms with Crippen molar-refractivity contribution in [3.8, 4) is 0 Å². The number of rotatable bonds is 7. The molecule has 1 N–H and O–H groups in total. The first-order valence-electron chi connectivity index (χ1n) is 7.93. The summed E-state index contributed by atoms with van der Waals surface area (Å²) >= 11 is 1.96. The SMILES string of the molecule is CCNCc1ccc(CN(C)C2CCN(CC)CC2)s1. The van der Waals surface area contributed by atoms with Gasteiger partial charge < -0.3 is 10.2 Å². The maximum Gasteiger partial charge on any atom is 0.0327 e. The lowest BCUT2D eigenvalue weighted by Gasteiger charge is -2.36. The first-order valence-corrected chi connectivity index (χ1v) is 8.75. The third kappa shape index (κ3) is 4.55. The lowest BCUT2D eigenvalue weighted by Crippen LogP contribution is -2.42. The number of hydrogen-bond donors (Lipinski definition) is 1. The van der Waals surface area contributed by atoms with Gasteiger partial charge in [0.15, 0.2) is 0 Å². The number of likely N-dealkylation sites (tertiary alicyclic amines) is 1. The van der Waals surface area contributed by atoms with Crippen LogP contribution in [0.3, 0.4) is 0 Å². The molecule has 1 saturated heterocycles. The molecule has 0 unspecified atom stereocenters. The van der Waals surface area contributed by atoms with E-state index < -0.39 is 0 Å². The highest BCUT2D eigenvalue weighted by atomic mass is 32.1. The molecule has 4 heteroatoms. The number of hydrogen-bond acceptors (Lipinski definition) is 4. The number of nitrogens with zero attached hydrogens (tertiary/aromatic N) is 2. The molecule has 0 radical (unpaired) electrons. The summed E-state index contributed by atoms with van der Waals surface area (Å²) < 4.78 is 0. The van der Waals surface area contributed by atoms with Crippen LogP contribution < -0.4 is 5.32 Å². The highest BCUT2D eigenvalue weighted by Gasteiger charge is 2.21. The molecular formula is C16H29N3S. The normalized spacial score (nSPS) is 18.0. The minimum Gasteiger partial charge on any atom is -0.312 e. The lowest BCUT2D eigenvalue weighted by atomic mass is 10.0. The van der Waals surface area contributed by atoms with Crippen LogP contribution >= 0.6 is 11.3 Å².